The molecule has 0 aromatic heterocycles. The number of hydrogen-bond acceptors (Lipinski definition) is 2. The van der Waals surface area contributed by atoms with Crippen LogP contribution in [0.3, 0.4) is 0 Å². The second kappa shape index (κ2) is 6.15. The number of alkyl halides is 1. The van der Waals surface area contributed by atoms with E-state index >= 15 is 0 Å². The maximum atomic E-state index is 11.6. The van der Waals surface area contributed by atoms with E-state index < -0.39 is 5.38 Å². The van der Waals surface area contributed by atoms with Gasteiger partial charge in [0.15, 0.2) is 0 Å². The van der Waals surface area contributed by atoms with Crippen LogP contribution in [0.5, 0.6) is 0 Å². The average molecular weight is 296 g/mol. The molecule has 20 heavy (non-hydrogen) atoms. The molecule has 1 fully saturated rings. The summed E-state index contributed by atoms with van der Waals surface area (Å²) in [6, 6.07) is 10.3. The van der Waals surface area contributed by atoms with Crippen molar-refractivity contribution in [2.45, 2.75) is 51.3 Å². The second-order valence-electron chi connectivity index (χ2n) is 6.02. The predicted octanol–water partition coefficient (Wildman–Crippen LogP) is 3.11. The van der Waals surface area contributed by atoms with Crippen LogP contribution in [0.4, 0.5) is 0 Å². The lowest BCUT2D eigenvalue weighted by atomic mass is 9.64. The van der Waals surface area contributed by atoms with Gasteiger partial charge >= 0.3 is 0 Å². The minimum absolute atomic E-state index is 0.0593. The van der Waals surface area contributed by atoms with Gasteiger partial charge < -0.3 is 10.1 Å². The molecule has 1 aromatic rings. The molecule has 0 bridgehead atoms. The van der Waals surface area contributed by atoms with Gasteiger partial charge in [0.1, 0.15) is 5.38 Å². The molecule has 1 saturated carbocycles. The third-order valence-electron chi connectivity index (χ3n) is 4.15. The van der Waals surface area contributed by atoms with Gasteiger partial charge in [-0.1, -0.05) is 44.2 Å². The number of nitrogens with one attached hydrogen (secondary N) is 1. The van der Waals surface area contributed by atoms with Crippen molar-refractivity contribution in [1.29, 1.82) is 0 Å². The number of rotatable bonds is 5. The van der Waals surface area contributed by atoms with Gasteiger partial charge in [-0.05, 0) is 18.9 Å². The maximum absolute atomic E-state index is 11.6. The zero-order valence-electron chi connectivity index (χ0n) is 12.2. The van der Waals surface area contributed by atoms with Gasteiger partial charge in [0.2, 0.25) is 5.91 Å². The van der Waals surface area contributed by atoms with Crippen LogP contribution in [0, 0.1) is 5.41 Å². The number of amides is 1. The van der Waals surface area contributed by atoms with Crippen LogP contribution >= 0.6 is 11.6 Å². The first-order valence-electron chi connectivity index (χ1n) is 7.01. The quantitative estimate of drug-likeness (QED) is 0.848. The summed E-state index contributed by atoms with van der Waals surface area (Å²) < 4.78 is 5.97. The van der Waals surface area contributed by atoms with Gasteiger partial charge in [0.05, 0.1) is 12.7 Å². The highest BCUT2D eigenvalue weighted by Gasteiger charge is 2.49. The van der Waals surface area contributed by atoms with Gasteiger partial charge in [-0.25, -0.2) is 0 Å². The number of halogens is 1. The molecule has 3 nitrogen and oxygen atoms in total. The molecule has 0 saturated heterocycles. The summed E-state index contributed by atoms with van der Waals surface area (Å²) >= 11 is 5.78. The number of ether oxygens (including phenoxy) is 1. The Morgan fingerprint density at radius 3 is 2.65 bits per heavy atom. The maximum Gasteiger partial charge on any atom is 0.238 e. The predicted molar refractivity (Wildman–Crippen MR) is 80.7 cm³/mol. The third-order valence-corrected chi connectivity index (χ3v) is 4.35. The van der Waals surface area contributed by atoms with Gasteiger partial charge in [-0.3, -0.25) is 4.79 Å². The van der Waals surface area contributed by atoms with E-state index in [1.54, 1.807) is 6.92 Å². The number of carbonyl (C=O) groups excluding carboxylic acids is 1. The number of hydrogen-bond donors (Lipinski definition) is 1. The monoisotopic (exact) mass is 295 g/mol. The average Bonchev–Trinajstić information content (AvgIpc) is 2.42. The zero-order chi connectivity index (χ0) is 14.8. The summed E-state index contributed by atoms with van der Waals surface area (Å²) in [6.07, 6.45) is 1.01. The summed E-state index contributed by atoms with van der Waals surface area (Å²) in [5.74, 6) is -0.105. The normalized spacial score (nSPS) is 25.6. The Kier molecular flexibility index (Phi) is 4.71. The first kappa shape index (κ1) is 15.3. The summed E-state index contributed by atoms with van der Waals surface area (Å²) in [7, 11) is 0. The van der Waals surface area contributed by atoms with Gasteiger partial charge in [0.25, 0.3) is 0 Å². The van der Waals surface area contributed by atoms with E-state index in [9.17, 15) is 4.79 Å². The van der Waals surface area contributed by atoms with E-state index in [1.165, 1.54) is 5.56 Å². The Hall–Kier alpha value is -1.06. The number of benzene rings is 1. The minimum Gasteiger partial charge on any atom is -0.373 e. The highest BCUT2D eigenvalue weighted by molar-refractivity contribution is 6.30. The Labute approximate surface area is 125 Å². The molecule has 0 spiro atoms. The van der Waals surface area contributed by atoms with Crippen LogP contribution < -0.4 is 5.32 Å². The molecular weight excluding hydrogens is 274 g/mol. The molecule has 1 amide bonds. The molecule has 0 heterocycles. The molecule has 1 N–H and O–H groups in total. The first-order chi connectivity index (χ1) is 9.41. The fourth-order valence-electron chi connectivity index (χ4n) is 2.47. The Morgan fingerprint density at radius 1 is 1.45 bits per heavy atom. The van der Waals surface area contributed by atoms with E-state index in [1.807, 2.05) is 18.2 Å². The van der Waals surface area contributed by atoms with Crippen LogP contribution in [0.1, 0.15) is 32.8 Å². The SMILES string of the molecule is CC(Cl)C(=O)NC1CC(OCc2ccccc2)C1(C)C. The molecule has 1 aliphatic rings. The lowest BCUT2D eigenvalue weighted by Gasteiger charge is -2.51. The van der Waals surface area contributed by atoms with Crippen LogP contribution in [0.25, 0.3) is 0 Å². The number of carbonyl (C=O) groups is 1. The Bertz CT molecular complexity index is 459. The van der Waals surface area contributed by atoms with Crippen LogP contribution in [-0.2, 0) is 16.1 Å². The van der Waals surface area contributed by atoms with Crippen molar-refractivity contribution in [3.05, 3.63) is 35.9 Å². The van der Waals surface area contributed by atoms with E-state index in [-0.39, 0.29) is 23.5 Å². The summed E-state index contributed by atoms with van der Waals surface area (Å²) in [4.78, 5) is 11.6. The Morgan fingerprint density at radius 2 is 2.10 bits per heavy atom. The molecule has 110 valence electrons. The molecule has 1 aromatic carbocycles. The summed E-state index contributed by atoms with van der Waals surface area (Å²) in [5.41, 5.74) is 1.11. The van der Waals surface area contributed by atoms with Gasteiger partial charge in [0, 0.05) is 11.5 Å². The lowest BCUT2D eigenvalue weighted by Crippen LogP contribution is -2.62. The molecule has 4 heteroatoms. The second-order valence-corrected chi connectivity index (χ2v) is 6.67. The van der Waals surface area contributed by atoms with E-state index in [0.29, 0.717) is 6.61 Å². The van der Waals surface area contributed by atoms with Crippen molar-refractivity contribution in [2.24, 2.45) is 5.41 Å². The topological polar surface area (TPSA) is 38.3 Å². The molecular formula is C16H22ClNO2. The molecule has 1 aliphatic carbocycles. The van der Waals surface area contributed by atoms with Crippen molar-refractivity contribution >= 4 is 17.5 Å². The minimum atomic E-state index is -0.491. The van der Waals surface area contributed by atoms with Crippen molar-refractivity contribution in [3.8, 4) is 0 Å². The van der Waals surface area contributed by atoms with Crippen molar-refractivity contribution in [1.82, 2.24) is 5.32 Å². The zero-order valence-corrected chi connectivity index (χ0v) is 13.0. The molecule has 3 unspecified atom stereocenters. The van der Waals surface area contributed by atoms with Crippen molar-refractivity contribution in [3.63, 3.8) is 0 Å². The van der Waals surface area contributed by atoms with Gasteiger partial charge in [-0.2, -0.15) is 0 Å². The fourth-order valence-corrected chi connectivity index (χ4v) is 2.53. The summed E-state index contributed by atoms with van der Waals surface area (Å²) in [5, 5.41) is 2.49. The standard InChI is InChI=1S/C16H22ClNO2/c1-11(17)15(19)18-13-9-14(16(13,2)3)20-10-12-7-5-4-6-8-12/h4-8,11,13-14H,9-10H2,1-3H3,(H,18,19). The molecule has 2 rings (SSSR count). The third kappa shape index (κ3) is 3.33. The highest BCUT2D eigenvalue weighted by Crippen LogP contribution is 2.43. The fraction of sp³-hybridized carbons (Fsp3) is 0.562. The smallest absolute Gasteiger partial charge is 0.238 e. The van der Waals surface area contributed by atoms with Gasteiger partial charge in [-0.15, -0.1) is 11.6 Å². The van der Waals surface area contributed by atoms with Crippen molar-refractivity contribution in [2.75, 3.05) is 0 Å². The highest BCUT2D eigenvalue weighted by atomic mass is 35.5. The van der Waals surface area contributed by atoms with Crippen molar-refractivity contribution < 1.29 is 9.53 Å². The van der Waals surface area contributed by atoms with Crippen LogP contribution in [-0.4, -0.2) is 23.4 Å². The molecule has 0 radical (unpaired) electrons. The summed E-state index contributed by atoms with van der Waals surface area (Å²) in [6.45, 7) is 6.54. The van der Waals surface area contributed by atoms with E-state index in [4.69, 9.17) is 16.3 Å². The van der Waals surface area contributed by atoms with Crippen LogP contribution in [0.15, 0.2) is 30.3 Å². The molecule has 0 aliphatic heterocycles. The van der Waals surface area contributed by atoms with E-state index in [0.717, 1.165) is 6.42 Å². The largest absolute Gasteiger partial charge is 0.373 e. The first-order valence-corrected chi connectivity index (χ1v) is 7.45. The molecule has 3 atom stereocenters. The lowest BCUT2D eigenvalue weighted by molar-refractivity contribution is -0.140. The Balaban J connectivity index is 1.83. The van der Waals surface area contributed by atoms with E-state index in [2.05, 4.69) is 31.3 Å². The van der Waals surface area contributed by atoms with Crippen LogP contribution in [0.2, 0.25) is 0 Å².